The van der Waals surface area contributed by atoms with E-state index in [1.807, 2.05) is 6.07 Å². The topological polar surface area (TPSA) is 93.2 Å². The average molecular weight is 453 g/mol. The van der Waals surface area contributed by atoms with E-state index in [1.54, 1.807) is 42.5 Å². The van der Waals surface area contributed by atoms with Crippen LogP contribution in [0.2, 0.25) is 10.0 Å². The van der Waals surface area contributed by atoms with E-state index in [9.17, 15) is 20.2 Å². The minimum absolute atomic E-state index is 0.0618. The molecule has 0 aromatic heterocycles. The van der Waals surface area contributed by atoms with E-state index in [0.717, 1.165) is 11.6 Å². The maximum atomic E-state index is 12.6. The number of halogens is 2. The number of allylic oxidation sites excluding steroid dienone is 1. The third-order valence-electron chi connectivity index (χ3n) is 4.26. The highest BCUT2D eigenvalue weighted by molar-refractivity contribution is 6.35. The number of nitro benzene ring substituents is 1. The Labute approximate surface area is 188 Å². The first-order valence-corrected chi connectivity index (χ1v) is 9.70. The van der Waals surface area contributed by atoms with Crippen LogP contribution in [0.15, 0.2) is 72.3 Å². The zero-order chi connectivity index (χ0) is 22.4. The quantitative estimate of drug-likeness (QED) is 0.138. The van der Waals surface area contributed by atoms with Crippen LogP contribution < -0.4 is 4.74 Å². The van der Waals surface area contributed by atoms with Gasteiger partial charge in [-0.25, -0.2) is 0 Å². The molecule has 0 bridgehead atoms. The van der Waals surface area contributed by atoms with Gasteiger partial charge in [-0.2, -0.15) is 5.26 Å². The first-order chi connectivity index (χ1) is 14.9. The molecule has 6 nitrogen and oxygen atoms in total. The number of benzene rings is 3. The first-order valence-electron chi connectivity index (χ1n) is 8.95. The van der Waals surface area contributed by atoms with Gasteiger partial charge in [0.25, 0.3) is 5.69 Å². The summed E-state index contributed by atoms with van der Waals surface area (Å²) in [5, 5.41) is 21.4. The van der Waals surface area contributed by atoms with Crippen LogP contribution >= 0.6 is 23.2 Å². The van der Waals surface area contributed by atoms with Gasteiger partial charge >= 0.3 is 0 Å². The smallest absolute Gasteiger partial charge is 0.270 e. The number of nitro groups is 1. The van der Waals surface area contributed by atoms with Crippen molar-refractivity contribution in [1.29, 1.82) is 5.26 Å². The Balaban J connectivity index is 1.80. The molecule has 0 amide bonds. The number of rotatable bonds is 7. The van der Waals surface area contributed by atoms with Gasteiger partial charge in [-0.3, -0.25) is 14.9 Å². The molecule has 0 radical (unpaired) electrons. The summed E-state index contributed by atoms with van der Waals surface area (Å²) in [6, 6.07) is 19.0. The van der Waals surface area contributed by atoms with Gasteiger partial charge in [-0.15, -0.1) is 0 Å². The standard InChI is InChI=1S/C23H14Cl2N2O4/c24-19-8-7-17(22(25)12-19)14-31-21-6-1-3-15(10-21)9-18(13-26)23(28)16-4-2-5-20(11-16)27(29)30/h1-12H,14H2/b18-9+. The molecule has 0 aliphatic heterocycles. The summed E-state index contributed by atoms with van der Waals surface area (Å²) in [7, 11) is 0. The van der Waals surface area contributed by atoms with Crippen molar-refractivity contribution < 1.29 is 14.5 Å². The Morgan fingerprint density at radius 3 is 2.58 bits per heavy atom. The Morgan fingerprint density at radius 2 is 1.87 bits per heavy atom. The zero-order valence-corrected chi connectivity index (χ0v) is 17.4. The number of carbonyl (C=O) groups excluding carboxylic acids is 1. The van der Waals surface area contributed by atoms with E-state index < -0.39 is 10.7 Å². The van der Waals surface area contributed by atoms with Crippen LogP contribution in [0, 0.1) is 21.4 Å². The van der Waals surface area contributed by atoms with Crippen molar-refractivity contribution in [2.75, 3.05) is 0 Å². The summed E-state index contributed by atoms with van der Waals surface area (Å²) >= 11 is 12.0. The van der Waals surface area contributed by atoms with E-state index in [1.165, 1.54) is 24.3 Å². The molecule has 0 aliphatic carbocycles. The van der Waals surface area contributed by atoms with Crippen LogP contribution in [-0.2, 0) is 6.61 Å². The number of hydrogen-bond acceptors (Lipinski definition) is 5. The molecule has 0 fully saturated rings. The van der Waals surface area contributed by atoms with Gasteiger partial charge in [-0.1, -0.05) is 53.5 Å². The summed E-state index contributed by atoms with van der Waals surface area (Å²) in [5.74, 6) is -0.0923. The third-order valence-corrected chi connectivity index (χ3v) is 4.85. The second-order valence-electron chi connectivity index (χ2n) is 6.40. The summed E-state index contributed by atoms with van der Waals surface area (Å²) in [4.78, 5) is 23.0. The number of ether oxygens (including phenoxy) is 1. The molecule has 0 heterocycles. The van der Waals surface area contributed by atoms with Crippen molar-refractivity contribution in [1.82, 2.24) is 0 Å². The number of hydrogen-bond donors (Lipinski definition) is 0. The van der Waals surface area contributed by atoms with Gasteiger partial charge in [0.2, 0.25) is 5.78 Å². The number of nitrogens with zero attached hydrogens (tertiary/aromatic N) is 2. The second kappa shape index (κ2) is 9.90. The molecule has 3 aromatic rings. The molecule has 0 N–H and O–H groups in total. The number of carbonyl (C=O) groups is 1. The molecule has 0 atom stereocenters. The van der Waals surface area contributed by atoms with Crippen LogP contribution in [0.3, 0.4) is 0 Å². The summed E-state index contributed by atoms with van der Waals surface area (Å²) < 4.78 is 5.76. The van der Waals surface area contributed by atoms with Gasteiger partial charge in [0, 0.05) is 33.3 Å². The van der Waals surface area contributed by atoms with Crippen LogP contribution in [0.4, 0.5) is 5.69 Å². The molecule has 0 spiro atoms. The summed E-state index contributed by atoms with van der Waals surface area (Å²) in [5.41, 5.74) is 1.00. The first kappa shape index (κ1) is 22.0. The van der Waals surface area contributed by atoms with E-state index >= 15 is 0 Å². The number of nitriles is 1. The van der Waals surface area contributed by atoms with Gasteiger partial charge < -0.3 is 4.74 Å². The lowest BCUT2D eigenvalue weighted by molar-refractivity contribution is -0.384. The summed E-state index contributed by atoms with van der Waals surface area (Å²) in [6.07, 6.45) is 1.41. The predicted octanol–water partition coefficient (Wildman–Crippen LogP) is 6.27. The molecular formula is C23H14Cl2N2O4. The van der Waals surface area contributed by atoms with E-state index in [0.29, 0.717) is 21.4 Å². The van der Waals surface area contributed by atoms with E-state index in [2.05, 4.69) is 0 Å². The van der Waals surface area contributed by atoms with E-state index in [4.69, 9.17) is 27.9 Å². The molecule has 0 unspecified atom stereocenters. The molecule has 3 aromatic carbocycles. The monoisotopic (exact) mass is 452 g/mol. The Bertz CT molecular complexity index is 1230. The Kier molecular flexibility index (Phi) is 7.03. The molecule has 0 saturated heterocycles. The maximum absolute atomic E-state index is 12.6. The van der Waals surface area contributed by atoms with Crippen molar-refractivity contribution in [2.24, 2.45) is 0 Å². The summed E-state index contributed by atoms with van der Waals surface area (Å²) in [6.45, 7) is 0.209. The van der Waals surface area contributed by atoms with Gasteiger partial charge in [0.1, 0.15) is 24.0 Å². The number of ketones is 1. The fourth-order valence-electron chi connectivity index (χ4n) is 2.73. The molecule has 31 heavy (non-hydrogen) atoms. The largest absolute Gasteiger partial charge is 0.489 e. The molecule has 0 saturated carbocycles. The lowest BCUT2D eigenvalue weighted by Crippen LogP contribution is -2.03. The van der Waals surface area contributed by atoms with Gasteiger partial charge in [-0.05, 0) is 35.9 Å². The maximum Gasteiger partial charge on any atom is 0.270 e. The Hall–Kier alpha value is -3.66. The second-order valence-corrected chi connectivity index (χ2v) is 7.25. The Morgan fingerprint density at radius 1 is 1.10 bits per heavy atom. The highest BCUT2D eigenvalue weighted by Crippen LogP contribution is 2.24. The average Bonchev–Trinajstić information content (AvgIpc) is 2.77. The lowest BCUT2D eigenvalue weighted by Gasteiger charge is -2.09. The minimum Gasteiger partial charge on any atom is -0.489 e. The SMILES string of the molecule is N#C/C(=C\c1cccc(OCc2ccc(Cl)cc2Cl)c1)C(=O)c1cccc([N+](=O)[O-])c1. The van der Waals surface area contributed by atoms with Crippen LogP contribution in [0.25, 0.3) is 6.08 Å². The van der Waals surface area contributed by atoms with Gasteiger partial charge in [0.05, 0.1) is 4.92 Å². The third kappa shape index (κ3) is 5.70. The van der Waals surface area contributed by atoms with Crippen molar-refractivity contribution >= 4 is 40.7 Å². The van der Waals surface area contributed by atoms with Crippen molar-refractivity contribution in [3.63, 3.8) is 0 Å². The zero-order valence-electron chi connectivity index (χ0n) is 15.9. The fraction of sp³-hybridized carbons (Fsp3) is 0.0435. The van der Waals surface area contributed by atoms with Crippen LogP contribution in [0.5, 0.6) is 5.75 Å². The highest BCUT2D eigenvalue weighted by atomic mass is 35.5. The molecule has 8 heteroatoms. The number of Topliss-reactive ketones (excluding diaryl/α,β-unsaturated/α-hetero) is 1. The van der Waals surface area contributed by atoms with Crippen molar-refractivity contribution in [2.45, 2.75) is 6.61 Å². The van der Waals surface area contributed by atoms with Crippen LogP contribution in [0.1, 0.15) is 21.5 Å². The molecular weight excluding hydrogens is 439 g/mol. The van der Waals surface area contributed by atoms with Crippen molar-refractivity contribution in [3.8, 4) is 11.8 Å². The molecule has 154 valence electrons. The minimum atomic E-state index is -0.606. The van der Waals surface area contributed by atoms with Crippen LogP contribution in [-0.4, -0.2) is 10.7 Å². The number of non-ortho nitro benzene ring substituents is 1. The lowest BCUT2D eigenvalue weighted by atomic mass is 10.0. The normalized spacial score (nSPS) is 10.9. The predicted molar refractivity (Wildman–Crippen MR) is 118 cm³/mol. The molecule has 3 rings (SSSR count). The highest BCUT2D eigenvalue weighted by Gasteiger charge is 2.16. The van der Waals surface area contributed by atoms with E-state index in [-0.39, 0.29) is 23.4 Å². The van der Waals surface area contributed by atoms with Crippen molar-refractivity contribution in [3.05, 3.63) is 109 Å². The fourth-order valence-corrected chi connectivity index (χ4v) is 3.19. The molecule has 0 aliphatic rings. The van der Waals surface area contributed by atoms with Gasteiger partial charge in [0.15, 0.2) is 0 Å².